The average molecular weight is 269 g/mol. The first kappa shape index (κ1) is 12.3. The third-order valence-electron chi connectivity index (χ3n) is 2.29. The Bertz CT molecular complexity index is 443. The van der Waals surface area contributed by atoms with Crippen LogP contribution in [0.4, 0.5) is 0 Å². The summed E-state index contributed by atoms with van der Waals surface area (Å²) in [4.78, 5) is 4.61. The number of hydrogen-bond acceptors (Lipinski definition) is 4. The number of thiol groups is 1. The van der Waals surface area contributed by atoms with Gasteiger partial charge in [0.15, 0.2) is 4.34 Å². The molecule has 1 aromatic carbocycles. The second-order valence-electron chi connectivity index (χ2n) is 4.56. The fraction of sp³-hybridized carbons (Fsp3) is 0.417. The summed E-state index contributed by atoms with van der Waals surface area (Å²) in [7, 11) is 0. The van der Waals surface area contributed by atoms with Crippen LogP contribution in [0.25, 0.3) is 10.2 Å². The normalized spacial score (nSPS) is 12.2. The topological polar surface area (TPSA) is 12.9 Å². The van der Waals surface area contributed by atoms with Crippen LogP contribution in [0.5, 0.6) is 0 Å². The molecule has 0 bridgehead atoms. The number of benzene rings is 1. The van der Waals surface area contributed by atoms with Gasteiger partial charge in [-0.25, -0.2) is 4.98 Å². The van der Waals surface area contributed by atoms with Crippen LogP contribution in [0.1, 0.15) is 13.8 Å². The van der Waals surface area contributed by atoms with Crippen LogP contribution in [-0.4, -0.2) is 16.5 Å². The van der Waals surface area contributed by atoms with Crippen molar-refractivity contribution in [2.45, 2.75) is 18.2 Å². The SMILES string of the molecule is CC(C)(CS)CSc1nc2ccccc2s1. The molecule has 0 aliphatic heterocycles. The van der Waals surface area contributed by atoms with Crippen molar-refractivity contribution < 1.29 is 0 Å². The second-order valence-corrected chi connectivity index (χ2v) is 7.13. The molecular weight excluding hydrogens is 254 g/mol. The standard InChI is InChI=1S/C12H15NS3/c1-12(2,7-14)8-15-11-13-9-5-3-4-6-10(9)16-11/h3-6,14H,7-8H2,1-2H3. The monoisotopic (exact) mass is 269 g/mol. The minimum absolute atomic E-state index is 0.269. The fourth-order valence-corrected chi connectivity index (χ4v) is 3.64. The average Bonchev–Trinajstić information content (AvgIpc) is 2.69. The van der Waals surface area contributed by atoms with E-state index in [2.05, 4.69) is 49.7 Å². The van der Waals surface area contributed by atoms with Crippen molar-refractivity contribution in [1.29, 1.82) is 0 Å². The minimum atomic E-state index is 0.269. The number of aromatic nitrogens is 1. The van der Waals surface area contributed by atoms with E-state index in [0.717, 1.165) is 21.4 Å². The van der Waals surface area contributed by atoms with Gasteiger partial charge < -0.3 is 0 Å². The quantitative estimate of drug-likeness (QED) is 0.655. The van der Waals surface area contributed by atoms with E-state index < -0.39 is 0 Å². The maximum atomic E-state index is 4.61. The van der Waals surface area contributed by atoms with E-state index in [0.29, 0.717) is 0 Å². The molecule has 4 heteroatoms. The van der Waals surface area contributed by atoms with Gasteiger partial charge in [0.2, 0.25) is 0 Å². The van der Waals surface area contributed by atoms with Crippen molar-refractivity contribution >= 4 is 45.9 Å². The minimum Gasteiger partial charge on any atom is -0.230 e. The Morgan fingerprint density at radius 2 is 2.12 bits per heavy atom. The van der Waals surface area contributed by atoms with Gasteiger partial charge >= 0.3 is 0 Å². The highest BCUT2D eigenvalue weighted by Crippen LogP contribution is 2.33. The number of thiazole rings is 1. The molecule has 86 valence electrons. The summed E-state index contributed by atoms with van der Waals surface area (Å²) >= 11 is 7.98. The molecule has 0 saturated heterocycles. The van der Waals surface area contributed by atoms with E-state index in [9.17, 15) is 0 Å². The highest BCUT2D eigenvalue weighted by atomic mass is 32.2. The molecule has 2 rings (SSSR count). The van der Waals surface area contributed by atoms with E-state index >= 15 is 0 Å². The molecule has 1 heterocycles. The molecule has 1 aromatic heterocycles. The van der Waals surface area contributed by atoms with Crippen molar-refractivity contribution in [2.75, 3.05) is 11.5 Å². The van der Waals surface area contributed by atoms with Crippen LogP contribution in [0, 0.1) is 5.41 Å². The number of hydrogen-bond donors (Lipinski definition) is 1. The largest absolute Gasteiger partial charge is 0.230 e. The molecule has 0 radical (unpaired) electrons. The smallest absolute Gasteiger partial charge is 0.151 e. The van der Waals surface area contributed by atoms with Gasteiger partial charge in [0, 0.05) is 5.75 Å². The zero-order valence-corrected chi connectivity index (χ0v) is 12.0. The van der Waals surface area contributed by atoms with Crippen LogP contribution < -0.4 is 0 Å². The molecule has 0 amide bonds. The summed E-state index contributed by atoms with van der Waals surface area (Å²) < 4.78 is 2.43. The Hall–Kier alpha value is -0.190. The lowest BCUT2D eigenvalue weighted by Gasteiger charge is -2.20. The van der Waals surface area contributed by atoms with Crippen molar-refractivity contribution in [3.8, 4) is 0 Å². The Labute approximate surface area is 110 Å². The summed E-state index contributed by atoms with van der Waals surface area (Å²) in [5, 5.41) is 0. The molecule has 0 fully saturated rings. The van der Waals surface area contributed by atoms with Crippen LogP contribution in [-0.2, 0) is 0 Å². The molecule has 0 spiro atoms. The molecule has 0 saturated carbocycles. The highest BCUT2D eigenvalue weighted by Gasteiger charge is 2.17. The van der Waals surface area contributed by atoms with Crippen molar-refractivity contribution in [3.05, 3.63) is 24.3 Å². The van der Waals surface area contributed by atoms with Crippen molar-refractivity contribution in [2.24, 2.45) is 5.41 Å². The van der Waals surface area contributed by atoms with E-state index in [4.69, 9.17) is 0 Å². The van der Waals surface area contributed by atoms with Crippen molar-refractivity contribution in [1.82, 2.24) is 4.98 Å². The Kier molecular flexibility index (Phi) is 3.82. The summed E-state index contributed by atoms with van der Waals surface area (Å²) in [5.74, 6) is 1.97. The molecule has 0 N–H and O–H groups in total. The van der Waals surface area contributed by atoms with Gasteiger partial charge in [0.05, 0.1) is 10.2 Å². The number of fused-ring (bicyclic) bond motifs is 1. The molecule has 2 aromatic rings. The Morgan fingerprint density at radius 3 is 2.81 bits per heavy atom. The lowest BCUT2D eigenvalue weighted by atomic mass is 10.0. The molecular formula is C12H15NS3. The molecule has 16 heavy (non-hydrogen) atoms. The lowest BCUT2D eigenvalue weighted by Crippen LogP contribution is -2.16. The zero-order valence-electron chi connectivity index (χ0n) is 9.43. The second kappa shape index (κ2) is 4.98. The Morgan fingerprint density at radius 1 is 1.38 bits per heavy atom. The van der Waals surface area contributed by atoms with E-state index in [-0.39, 0.29) is 5.41 Å². The van der Waals surface area contributed by atoms with Gasteiger partial charge in [-0.2, -0.15) is 12.6 Å². The van der Waals surface area contributed by atoms with E-state index in [1.54, 1.807) is 11.3 Å². The maximum Gasteiger partial charge on any atom is 0.151 e. The summed E-state index contributed by atoms with van der Waals surface area (Å²) in [5.41, 5.74) is 1.38. The summed E-state index contributed by atoms with van der Waals surface area (Å²) in [6.45, 7) is 4.47. The fourth-order valence-electron chi connectivity index (χ4n) is 1.22. The molecule has 0 atom stereocenters. The number of nitrogens with zero attached hydrogens (tertiary/aromatic N) is 1. The van der Waals surface area contributed by atoms with E-state index in [1.165, 1.54) is 4.70 Å². The molecule has 1 nitrogen and oxygen atoms in total. The molecule has 0 aliphatic carbocycles. The van der Waals surface area contributed by atoms with Gasteiger partial charge in [-0.3, -0.25) is 0 Å². The van der Waals surface area contributed by atoms with Gasteiger partial charge in [-0.05, 0) is 23.3 Å². The summed E-state index contributed by atoms with van der Waals surface area (Å²) in [6.07, 6.45) is 0. The zero-order chi connectivity index (χ0) is 11.6. The molecule has 0 aliphatic rings. The first-order valence-corrected chi connectivity index (χ1v) is 7.63. The van der Waals surface area contributed by atoms with Crippen LogP contribution in [0.15, 0.2) is 28.6 Å². The Balaban J connectivity index is 2.10. The number of thioether (sulfide) groups is 1. The van der Waals surface area contributed by atoms with Gasteiger partial charge in [0.25, 0.3) is 0 Å². The number of rotatable bonds is 4. The first-order valence-electron chi connectivity index (χ1n) is 5.20. The van der Waals surface area contributed by atoms with Gasteiger partial charge in [-0.15, -0.1) is 11.3 Å². The van der Waals surface area contributed by atoms with Gasteiger partial charge in [0.1, 0.15) is 0 Å². The third-order valence-corrected chi connectivity index (χ3v) is 5.84. The maximum absolute atomic E-state index is 4.61. The van der Waals surface area contributed by atoms with Crippen molar-refractivity contribution in [3.63, 3.8) is 0 Å². The van der Waals surface area contributed by atoms with Crippen LogP contribution in [0.2, 0.25) is 0 Å². The predicted molar refractivity (Wildman–Crippen MR) is 78.0 cm³/mol. The summed E-state index contributed by atoms with van der Waals surface area (Å²) in [6, 6.07) is 8.29. The lowest BCUT2D eigenvalue weighted by molar-refractivity contribution is 0.493. The molecule has 0 unspecified atom stereocenters. The third kappa shape index (κ3) is 2.93. The number of para-hydroxylation sites is 1. The predicted octanol–water partition coefficient (Wildman–Crippen LogP) is 4.34. The van der Waals surface area contributed by atoms with Crippen LogP contribution >= 0.6 is 35.7 Å². The van der Waals surface area contributed by atoms with E-state index in [1.807, 2.05) is 17.8 Å². The first-order chi connectivity index (χ1) is 7.61. The van der Waals surface area contributed by atoms with Crippen LogP contribution in [0.3, 0.4) is 0 Å². The van der Waals surface area contributed by atoms with Gasteiger partial charge in [-0.1, -0.05) is 37.7 Å². The highest BCUT2D eigenvalue weighted by molar-refractivity contribution is 8.01.